The number of nitrogens with zero attached hydrogens (tertiary/aromatic N) is 5. The van der Waals surface area contributed by atoms with Crippen molar-refractivity contribution in [3.63, 3.8) is 0 Å². The molecule has 4 aromatic heterocycles. The van der Waals surface area contributed by atoms with Crippen LogP contribution in [0.5, 0.6) is 0 Å². The molecule has 0 aliphatic rings. The van der Waals surface area contributed by atoms with Crippen molar-refractivity contribution < 1.29 is 0 Å². The Morgan fingerprint density at radius 1 is 1.07 bits per heavy atom. The van der Waals surface area contributed by atoms with Gasteiger partial charge >= 0.3 is 0 Å². The lowest BCUT2D eigenvalue weighted by atomic mass is 10.1. The van der Waals surface area contributed by atoms with Gasteiger partial charge in [0.05, 0.1) is 17.4 Å². The maximum absolute atomic E-state index is 4.94. The third-order valence-electron chi connectivity index (χ3n) is 5.11. The van der Waals surface area contributed by atoms with E-state index in [0.717, 1.165) is 57.9 Å². The molecule has 0 amide bonds. The van der Waals surface area contributed by atoms with Crippen molar-refractivity contribution in [2.45, 2.75) is 33.6 Å². The van der Waals surface area contributed by atoms with Gasteiger partial charge in [0.2, 0.25) is 0 Å². The van der Waals surface area contributed by atoms with Crippen LogP contribution in [-0.2, 0) is 12.8 Å². The molecule has 0 aliphatic carbocycles. The minimum atomic E-state index is 0.743. The molecule has 0 N–H and O–H groups in total. The molecular weight excluding hydrogens is 346 g/mol. The van der Waals surface area contributed by atoms with E-state index >= 15 is 0 Å². The van der Waals surface area contributed by atoms with Crippen molar-refractivity contribution in [1.29, 1.82) is 0 Å². The standard InChI is InChI=1S/C23H23N5/c1-5-6-7-18-15(2)11-13-28-17(4)20(27-23(18)28)8-9-22-25-16(3)19-10-12-24-14-21(19)26-22/h5-7,10-14H,1,8-9H2,2-4H3/b7-6-. The summed E-state index contributed by atoms with van der Waals surface area (Å²) in [6.07, 6.45) is 13.0. The Morgan fingerprint density at radius 2 is 1.93 bits per heavy atom. The first-order valence-electron chi connectivity index (χ1n) is 9.42. The largest absolute Gasteiger partial charge is 0.304 e. The third kappa shape index (κ3) is 3.20. The number of aromatic nitrogens is 5. The second-order valence-electron chi connectivity index (χ2n) is 6.96. The quantitative estimate of drug-likeness (QED) is 0.483. The molecule has 4 rings (SSSR count). The van der Waals surface area contributed by atoms with E-state index in [1.165, 1.54) is 5.56 Å². The van der Waals surface area contributed by atoms with Gasteiger partial charge in [-0.3, -0.25) is 4.98 Å². The fourth-order valence-corrected chi connectivity index (χ4v) is 3.53. The topological polar surface area (TPSA) is 56.0 Å². The molecule has 0 radical (unpaired) electrons. The van der Waals surface area contributed by atoms with Crippen LogP contribution in [0.3, 0.4) is 0 Å². The summed E-state index contributed by atoms with van der Waals surface area (Å²) in [6.45, 7) is 10.0. The molecule has 5 heteroatoms. The summed E-state index contributed by atoms with van der Waals surface area (Å²) in [5.41, 5.74) is 7.41. The van der Waals surface area contributed by atoms with E-state index in [2.05, 4.69) is 58.1 Å². The molecule has 0 saturated heterocycles. The number of aryl methyl sites for hydroxylation is 5. The van der Waals surface area contributed by atoms with Crippen LogP contribution in [0.15, 0.2) is 49.5 Å². The molecule has 0 bridgehead atoms. The van der Waals surface area contributed by atoms with Gasteiger partial charge in [0.15, 0.2) is 0 Å². The molecule has 28 heavy (non-hydrogen) atoms. The highest BCUT2D eigenvalue weighted by Crippen LogP contribution is 2.22. The Balaban J connectivity index is 1.68. The molecule has 0 fully saturated rings. The predicted octanol–water partition coefficient (Wildman–Crippen LogP) is 4.58. The van der Waals surface area contributed by atoms with Gasteiger partial charge in [0, 0.05) is 41.2 Å². The third-order valence-corrected chi connectivity index (χ3v) is 5.11. The average Bonchev–Trinajstić information content (AvgIpc) is 3.01. The summed E-state index contributed by atoms with van der Waals surface area (Å²) in [5, 5.41) is 1.05. The summed E-state index contributed by atoms with van der Waals surface area (Å²) in [7, 11) is 0. The van der Waals surface area contributed by atoms with Crippen molar-refractivity contribution in [1.82, 2.24) is 24.3 Å². The van der Waals surface area contributed by atoms with Crippen molar-refractivity contribution in [3.8, 4) is 0 Å². The normalized spacial score (nSPS) is 11.7. The zero-order valence-corrected chi connectivity index (χ0v) is 16.5. The van der Waals surface area contributed by atoms with E-state index in [1.807, 2.05) is 19.1 Å². The van der Waals surface area contributed by atoms with E-state index in [1.54, 1.807) is 18.5 Å². The summed E-state index contributed by atoms with van der Waals surface area (Å²) in [6, 6.07) is 4.08. The molecule has 4 heterocycles. The van der Waals surface area contributed by atoms with Crippen LogP contribution in [0.1, 0.15) is 34.0 Å². The first-order chi connectivity index (χ1) is 13.6. The number of fused-ring (bicyclic) bond motifs is 2. The molecule has 0 saturated carbocycles. The molecule has 4 aromatic rings. The number of hydrogen-bond acceptors (Lipinski definition) is 4. The predicted molar refractivity (Wildman–Crippen MR) is 113 cm³/mol. The summed E-state index contributed by atoms with van der Waals surface area (Å²) in [4.78, 5) is 18.5. The Kier molecular flexibility index (Phi) is 4.74. The Hall–Kier alpha value is -3.34. The van der Waals surface area contributed by atoms with Crippen LogP contribution in [-0.4, -0.2) is 24.3 Å². The molecule has 0 spiro atoms. The molecular formula is C23H23N5. The molecule has 0 unspecified atom stereocenters. The van der Waals surface area contributed by atoms with Gasteiger partial charge < -0.3 is 4.40 Å². The van der Waals surface area contributed by atoms with Gasteiger partial charge in [-0.05, 0) is 44.9 Å². The van der Waals surface area contributed by atoms with Gasteiger partial charge in [-0.25, -0.2) is 15.0 Å². The van der Waals surface area contributed by atoms with Crippen molar-refractivity contribution in [2.24, 2.45) is 0 Å². The highest BCUT2D eigenvalue weighted by atomic mass is 15.0. The van der Waals surface area contributed by atoms with E-state index in [9.17, 15) is 0 Å². The van der Waals surface area contributed by atoms with Crippen molar-refractivity contribution >= 4 is 22.6 Å². The molecule has 0 aliphatic heterocycles. The van der Waals surface area contributed by atoms with Crippen molar-refractivity contribution in [2.75, 3.05) is 0 Å². The highest BCUT2D eigenvalue weighted by molar-refractivity contribution is 5.79. The molecule has 5 nitrogen and oxygen atoms in total. The van der Waals surface area contributed by atoms with Gasteiger partial charge in [0.1, 0.15) is 11.5 Å². The van der Waals surface area contributed by atoms with Crippen LogP contribution in [0.4, 0.5) is 0 Å². The van der Waals surface area contributed by atoms with Crippen molar-refractivity contribution in [3.05, 3.63) is 83.5 Å². The maximum Gasteiger partial charge on any atom is 0.144 e. The van der Waals surface area contributed by atoms with Crippen LogP contribution in [0, 0.1) is 20.8 Å². The van der Waals surface area contributed by atoms with E-state index < -0.39 is 0 Å². The molecule has 0 aromatic carbocycles. The Bertz CT molecular complexity index is 1220. The number of imidazole rings is 1. The zero-order chi connectivity index (χ0) is 19.7. The summed E-state index contributed by atoms with van der Waals surface area (Å²) < 4.78 is 2.15. The highest BCUT2D eigenvalue weighted by Gasteiger charge is 2.13. The van der Waals surface area contributed by atoms with E-state index in [4.69, 9.17) is 4.98 Å². The molecule has 0 atom stereocenters. The summed E-state index contributed by atoms with van der Waals surface area (Å²) in [5.74, 6) is 0.831. The first-order valence-corrected chi connectivity index (χ1v) is 9.42. The van der Waals surface area contributed by atoms with Crippen LogP contribution >= 0.6 is 0 Å². The van der Waals surface area contributed by atoms with Gasteiger partial charge in [0.25, 0.3) is 0 Å². The van der Waals surface area contributed by atoms with Gasteiger partial charge in [-0.2, -0.15) is 0 Å². The minimum absolute atomic E-state index is 0.743. The van der Waals surface area contributed by atoms with Crippen LogP contribution < -0.4 is 0 Å². The zero-order valence-electron chi connectivity index (χ0n) is 16.5. The van der Waals surface area contributed by atoms with Gasteiger partial charge in [-0.1, -0.05) is 24.8 Å². The lowest BCUT2D eigenvalue weighted by Gasteiger charge is -2.05. The van der Waals surface area contributed by atoms with E-state index in [0.29, 0.717) is 0 Å². The smallest absolute Gasteiger partial charge is 0.144 e. The van der Waals surface area contributed by atoms with E-state index in [-0.39, 0.29) is 0 Å². The average molecular weight is 369 g/mol. The SMILES string of the molecule is C=C/C=C\c1c(C)ccn2c(C)c(CCc3nc(C)c4ccncc4n3)nc12. The lowest BCUT2D eigenvalue weighted by molar-refractivity contribution is 0.836. The number of rotatable bonds is 5. The van der Waals surface area contributed by atoms with Crippen LogP contribution in [0.25, 0.3) is 22.6 Å². The van der Waals surface area contributed by atoms with Gasteiger partial charge in [-0.15, -0.1) is 0 Å². The molecule has 140 valence electrons. The number of hydrogen-bond donors (Lipinski definition) is 0. The fraction of sp³-hybridized carbons (Fsp3) is 0.217. The second-order valence-corrected chi connectivity index (χ2v) is 6.96. The monoisotopic (exact) mass is 369 g/mol. The maximum atomic E-state index is 4.94. The lowest BCUT2D eigenvalue weighted by Crippen LogP contribution is -2.02. The minimum Gasteiger partial charge on any atom is -0.304 e. The Labute approximate surface area is 164 Å². The number of pyridine rings is 2. The summed E-state index contributed by atoms with van der Waals surface area (Å²) >= 11 is 0. The fourth-order valence-electron chi connectivity index (χ4n) is 3.53. The number of allylic oxidation sites excluding steroid dienone is 2. The Morgan fingerprint density at radius 3 is 2.75 bits per heavy atom. The second kappa shape index (κ2) is 7.35. The first kappa shape index (κ1) is 18.0. The van der Waals surface area contributed by atoms with Crippen LogP contribution in [0.2, 0.25) is 0 Å².